The van der Waals surface area contributed by atoms with E-state index in [1.165, 1.54) is 4.68 Å². The van der Waals surface area contributed by atoms with Gasteiger partial charge >= 0.3 is 0 Å². The molecule has 0 radical (unpaired) electrons. The van der Waals surface area contributed by atoms with Gasteiger partial charge in [0, 0.05) is 26.8 Å². The number of ether oxygens (including phenoxy) is 1. The molecule has 114 valence electrons. The van der Waals surface area contributed by atoms with E-state index < -0.39 is 0 Å². The molecule has 0 aliphatic rings. The second-order valence-electron chi connectivity index (χ2n) is 4.87. The molecule has 1 rings (SSSR count). The lowest BCUT2D eigenvalue weighted by molar-refractivity contribution is 0.157. The van der Waals surface area contributed by atoms with E-state index in [9.17, 15) is 4.79 Å². The first-order chi connectivity index (χ1) is 9.62. The minimum atomic E-state index is -0.0792. The number of likely N-dealkylation sites (N-methyl/N-ethyl adjacent to an activating group) is 1. The van der Waals surface area contributed by atoms with Crippen molar-refractivity contribution in [2.75, 3.05) is 38.8 Å². The summed E-state index contributed by atoms with van der Waals surface area (Å²) in [6.45, 7) is 6.95. The maximum atomic E-state index is 12.1. The Bertz CT molecular complexity index is 441. The van der Waals surface area contributed by atoms with Crippen LogP contribution in [0.25, 0.3) is 0 Å². The van der Waals surface area contributed by atoms with Crippen LogP contribution in [0.3, 0.4) is 0 Å². The first kappa shape index (κ1) is 16.7. The van der Waals surface area contributed by atoms with Crippen LogP contribution < -0.4 is 15.8 Å². The topological polar surface area (TPSA) is 59.4 Å². The zero-order valence-electron chi connectivity index (χ0n) is 12.9. The van der Waals surface area contributed by atoms with Crippen molar-refractivity contribution in [3.05, 3.63) is 22.6 Å². The number of hydrogen-bond donors (Lipinski definition) is 1. The Kier molecular flexibility index (Phi) is 7.25. The van der Waals surface area contributed by atoms with Gasteiger partial charge in [-0.05, 0) is 13.0 Å². The van der Waals surface area contributed by atoms with E-state index in [0.29, 0.717) is 13.2 Å². The maximum Gasteiger partial charge on any atom is 0.268 e. The summed E-state index contributed by atoms with van der Waals surface area (Å²) in [5, 5.41) is 7.53. The standard InChI is InChI=1S/C14H26N4O2/c1-5-7-17(3)13-8-14(19)18(16-9-13)10-12(11-20-4)15-6-2/h8-9,12,15H,5-7,10-11H2,1-4H3. The van der Waals surface area contributed by atoms with Crippen molar-refractivity contribution in [2.24, 2.45) is 0 Å². The lowest BCUT2D eigenvalue weighted by Crippen LogP contribution is -2.40. The Labute approximate surface area is 120 Å². The fourth-order valence-electron chi connectivity index (χ4n) is 2.11. The molecule has 6 heteroatoms. The third kappa shape index (κ3) is 4.94. The molecule has 0 saturated carbocycles. The summed E-state index contributed by atoms with van der Waals surface area (Å²) >= 11 is 0. The Hall–Kier alpha value is -1.40. The van der Waals surface area contributed by atoms with Gasteiger partial charge in [-0.2, -0.15) is 5.10 Å². The van der Waals surface area contributed by atoms with Crippen molar-refractivity contribution < 1.29 is 4.74 Å². The quantitative estimate of drug-likeness (QED) is 0.723. The summed E-state index contributed by atoms with van der Waals surface area (Å²) in [6, 6.07) is 1.73. The molecule has 0 saturated heterocycles. The van der Waals surface area contributed by atoms with Gasteiger partial charge in [0.25, 0.3) is 5.56 Å². The van der Waals surface area contributed by atoms with Crippen molar-refractivity contribution >= 4 is 5.69 Å². The molecule has 0 fully saturated rings. The van der Waals surface area contributed by atoms with E-state index in [1.807, 2.05) is 18.9 Å². The van der Waals surface area contributed by atoms with Crippen LogP contribution >= 0.6 is 0 Å². The summed E-state index contributed by atoms with van der Waals surface area (Å²) in [5.41, 5.74) is 0.782. The van der Waals surface area contributed by atoms with E-state index >= 15 is 0 Å². The molecule has 6 nitrogen and oxygen atoms in total. The van der Waals surface area contributed by atoms with Crippen molar-refractivity contribution in [1.29, 1.82) is 0 Å². The molecule has 0 aromatic carbocycles. The Balaban J connectivity index is 2.79. The summed E-state index contributed by atoms with van der Waals surface area (Å²) < 4.78 is 6.63. The number of methoxy groups -OCH3 is 1. The molecule has 1 N–H and O–H groups in total. The number of aromatic nitrogens is 2. The van der Waals surface area contributed by atoms with Crippen molar-refractivity contribution in [2.45, 2.75) is 32.9 Å². The third-order valence-corrected chi connectivity index (χ3v) is 3.11. The van der Waals surface area contributed by atoms with Gasteiger partial charge in [0.15, 0.2) is 0 Å². The molecular weight excluding hydrogens is 256 g/mol. The average molecular weight is 282 g/mol. The molecule has 0 bridgehead atoms. The van der Waals surface area contributed by atoms with Gasteiger partial charge < -0.3 is 15.0 Å². The highest BCUT2D eigenvalue weighted by molar-refractivity contribution is 5.41. The highest BCUT2D eigenvalue weighted by Gasteiger charge is 2.10. The first-order valence-electron chi connectivity index (χ1n) is 7.13. The van der Waals surface area contributed by atoms with Crippen LogP contribution in [-0.4, -0.2) is 49.7 Å². The van der Waals surface area contributed by atoms with Gasteiger partial charge in [-0.15, -0.1) is 0 Å². The minimum absolute atomic E-state index is 0.0792. The van der Waals surface area contributed by atoms with E-state index in [1.54, 1.807) is 19.4 Å². The maximum absolute atomic E-state index is 12.1. The molecule has 20 heavy (non-hydrogen) atoms. The van der Waals surface area contributed by atoms with Crippen LogP contribution in [-0.2, 0) is 11.3 Å². The van der Waals surface area contributed by atoms with E-state index in [2.05, 4.69) is 17.3 Å². The van der Waals surface area contributed by atoms with E-state index in [-0.39, 0.29) is 11.6 Å². The molecule has 0 amide bonds. The number of hydrogen-bond acceptors (Lipinski definition) is 5. The van der Waals surface area contributed by atoms with Crippen molar-refractivity contribution in [3.8, 4) is 0 Å². The largest absolute Gasteiger partial charge is 0.383 e. The molecule has 0 aliphatic heterocycles. The second kappa shape index (κ2) is 8.71. The van der Waals surface area contributed by atoms with E-state index in [4.69, 9.17) is 4.74 Å². The molecule has 0 aliphatic carbocycles. The van der Waals surface area contributed by atoms with Gasteiger partial charge in [-0.1, -0.05) is 13.8 Å². The zero-order chi connectivity index (χ0) is 15.0. The lowest BCUT2D eigenvalue weighted by atomic mass is 10.3. The van der Waals surface area contributed by atoms with Crippen LogP contribution in [0.4, 0.5) is 5.69 Å². The van der Waals surface area contributed by atoms with Crippen LogP contribution in [0.5, 0.6) is 0 Å². The Morgan fingerprint density at radius 3 is 2.80 bits per heavy atom. The fraction of sp³-hybridized carbons (Fsp3) is 0.714. The Morgan fingerprint density at radius 1 is 1.50 bits per heavy atom. The van der Waals surface area contributed by atoms with Crippen LogP contribution in [0, 0.1) is 0 Å². The summed E-state index contributed by atoms with van der Waals surface area (Å²) in [4.78, 5) is 14.1. The van der Waals surface area contributed by atoms with Gasteiger partial charge in [0.05, 0.1) is 31.1 Å². The predicted octanol–water partition coefficient (Wildman–Crippen LogP) is 0.714. The van der Waals surface area contributed by atoms with Crippen molar-refractivity contribution in [3.63, 3.8) is 0 Å². The fourth-order valence-corrected chi connectivity index (χ4v) is 2.11. The summed E-state index contributed by atoms with van der Waals surface area (Å²) in [6.07, 6.45) is 2.78. The number of nitrogens with one attached hydrogen (secondary N) is 1. The number of nitrogens with zero attached hydrogens (tertiary/aromatic N) is 3. The average Bonchev–Trinajstić information content (AvgIpc) is 2.42. The highest BCUT2D eigenvalue weighted by atomic mass is 16.5. The first-order valence-corrected chi connectivity index (χ1v) is 7.13. The highest BCUT2D eigenvalue weighted by Crippen LogP contribution is 2.07. The predicted molar refractivity (Wildman–Crippen MR) is 81.4 cm³/mol. The van der Waals surface area contributed by atoms with Crippen LogP contribution in [0.1, 0.15) is 20.3 Å². The minimum Gasteiger partial charge on any atom is -0.383 e. The molecule has 1 aromatic rings. The van der Waals surface area contributed by atoms with Gasteiger partial charge in [0.1, 0.15) is 0 Å². The smallest absolute Gasteiger partial charge is 0.268 e. The number of anilines is 1. The van der Waals surface area contributed by atoms with Gasteiger partial charge in [-0.25, -0.2) is 4.68 Å². The molecule has 1 atom stereocenters. The van der Waals surface area contributed by atoms with Crippen LogP contribution in [0.15, 0.2) is 17.1 Å². The third-order valence-electron chi connectivity index (χ3n) is 3.11. The van der Waals surface area contributed by atoms with Gasteiger partial charge in [0.2, 0.25) is 0 Å². The lowest BCUT2D eigenvalue weighted by Gasteiger charge is -2.20. The van der Waals surface area contributed by atoms with Crippen molar-refractivity contribution in [1.82, 2.24) is 15.1 Å². The van der Waals surface area contributed by atoms with Gasteiger partial charge in [-0.3, -0.25) is 4.79 Å². The zero-order valence-corrected chi connectivity index (χ0v) is 12.9. The van der Waals surface area contributed by atoms with Crippen LogP contribution in [0.2, 0.25) is 0 Å². The van der Waals surface area contributed by atoms with E-state index in [0.717, 1.165) is 25.2 Å². The number of rotatable bonds is 9. The Morgan fingerprint density at radius 2 is 2.25 bits per heavy atom. The normalized spacial score (nSPS) is 12.4. The summed E-state index contributed by atoms with van der Waals surface area (Å²) in [5.74, 6) is 0. The molecule has 1 aromatic heterocycles. The second-order valence-corrected chi connectivity index (χ2v) is 4.87. The molecular formula is C14H26N4O2. The SMILES string of the molecule is CCCN(C)c1cnn(CC(COC)NCC)c(=O)c1. The summed E-state index contributed by atoms with van der Waals surface area (Å²) in [7, 11) is 3.63. The molecule has 1 unspecified atom stereocenters. The monoisotopic (exact) mass is 282 g/mol. The molecule has 1 heterocycles. The molecule has 0 spiro atoms.